The number of likely N-dealkylation sites (tertiary alicyclic amines) is 1. The fraction of sp³-hybridized carbons (Fsp3) is 0.467. The molecule has 0 aromatic heterocycles. The van der Waals surface area contributed by atoms with E-state index in [1.807, 2.05) is 24.3 Å². The zero-order valence-electron chi connectivity index (χ0n) is 11.2. The van der Waals surface area contributed by atoms with Crippen molar-refractivity contribution in [1.82, 2.24) is 4.90 Å². The molecule has 1 aromatic carbocycles. The van der Waals surface area contributed by atoms with Gasteiger partial charge >= 0.3 is 5.97 Å². The zero-order valence-corrected chi connectivity index (χ0v) is 11.2. The van der Waals surface area contributed by atoms with Crippen LogP contribution in [0.3, 0.4) is 0 Å². The molecule has 0 atom stereocenters. The Morgan fingerprint density at radius 1 is 1.32 bits per heavy atom. The van der Waals surface area contributed by atoms with Crippen molar-refractivity contribution in [3.05, 3.63) is 35.4 Å². The summed E-state index contributed by atoms with van der Waals surface area (Å²) in [5.41, 5.74) is 1.90. The van der Waals surface area contributed by atoms with Crippen LogP contribution in [0.1, 0.15) is 28.8 Å². The molecule has 1 fully saturated rings. The van der Waals surface area contributed by atoms with Gasteiger partial charge in [-0.05, 0) is 31.5 Å². The van der Waals surface area contributed by atoms with E-state index in [1.165, 1.54) is 12.7 Å². The highest BCUT2D eigenvalue weighted by Gasteiger charge is 2.25. The first-order valence-electron chi connectivity index (χ1n) is 6.57. The minimum atomic E-state index is -0.0880. The molecule has 1 aliphatic heterocycles. The fourth-order valence-corrected chi connectivity index (χ4v) is 2.45. The maximum atomic E-state index is 11.4. The van der Waals surface area contributed by atoms with Crippen molar-refractivity contribution < 1.29 is 14.3 Å². The van der Waals surface area contributed by atoms with Crippen molar-refractivity contribution in [2.24, 2.45) is 5.92 Å². The van der Waals surface area contributed by atoms with E-state index >= 15 is 0 Å². The quantitative estimate of drug-likeness (QED) is 0.613. The maximum absolute atomic E-state index is 11.4. The van der Waals surface area contributed by atoms with Crippen LogP contribution in [0, 0.1) is 5.92 Å². The smallest absolute Gasteiger partial charge is 0.308 e. The molecule has 1 aromatic rings. The molecule has 1 aliphatic rings. The van der Waals surface area contributed by atoms with Crippen LogP contribution in [0.15, 0.2) is 24.3 Å². The molecule has 0 unspecified atom stereocenters. The van der Waals surface area contributed by atoms with Crippen molar-refractivity contribution in [3.8, 4) is 0 Å². The number of carbonyl (C=O) groups is 2. The number of nitrogens with zero attached hydrogens (tertiary/aromatic N) is 1. The Morgan fingerprint density at radius 3 is 2.47 bits per heavy atom. The summed E-state index contributed by atoms with van der Waals surface area (Å²) in [4.78, 5) is 24.3. The monoisotopic (exact) mass is 261 g/mol. The molecule has 0 aliphatic carbocycles. The Balaban J connectivity index is 1.84. The average Bonchev–Trinajstić information content (AvgIpc) is 2.48. The molecule has 0 radical (unpaired) electrons. The van der Waals surface area contributed by atoms with Crippen molar-refractivity contribution >= 4 is 12.3 Å². The van der Waals surface area contributed by atoms with Crippen LogP contribution >= 0.6 is 0 Å². The number of piperidine rings is 1. The second-order valence-corrected chi connectivity index (χ2v) is 4.93. The van der Waals surface area contributed by atoms with Crippen LogP contribution in [0.25, 0.3) is 0 Å². The summed E-state index contributed by atoms with van der Waals surface area (Å²) in [5.74, 6) is -0.0336. The fourth-order valence-electron chi connectivity index (χ4n) is 2.45. The van der Waals surface area contributed by atoms with Gasteiger partial charge in [0.2, 0.25) is 0 Å². The predicted octanol–water partition coefficient (Wildman–Crippen LogP) is 1.88. The van der Waals surface area contributed by atoms with Crippen molar-refractivity contribution in [2.75, 3.05) is 20.2 Å². The minimum Gasteiger partial charge on any atom is -0.469 e. The summed E-state index contributed by atoms with van der Waals surface area (Å²) in [6.07, 6.45) is 2.57. The number of ether oxygens (including phenoxy) is 1. The van der Waals surface area contributed by atoms with Gasteiger partial charge in [0.05, 0.1) is 13.0 Å². The van der Waals surface area contributed by atoms with Gasteiger partial charge in [0, 0.05) is 12.1 Å². The predicted molar refractivity (Wildman–Crippen MR) is 71.8 cm³/mol. The Kier molecular flexibility index (Phi) is 4.68. The van der Waals surface area contributed by atoms with E-state index in [2.05, 4.69) is 4.90 Å². The molecule has 19 heavy (non-hydrogen) atoms. The molecular weight excluding hydrogens is 242 g/mol. The average molecular weight is 261 g/mol. The van der Waals surface area contributed by atoms with E-state index in [1.54, 1.807) is 0 Å². The summed E-state index contributed by atoms with van der Waals surface area (Å²) in [7, 11) is 1.45. The minimum absolute atomic E-state index is 0.0543. The Morgan fingerprint density at radius 2 is 1.95 bits per heavy atom. The van der Waals surface area contributed by atoms with Gasteiger partial charge in [0.1, 0.15) is 6.29 Å². The number of rotatable bonds is 4. The topological polar surface area (TPSA) is 46.6 Å². The zero-order chi connectivity index (χ0) is 13.7. The van der Waals surface area contributed by atoms with Gasteiger partial charge in [-0.3, -0.25) is 14.5 Å². The molecule has 4 nitrogen and oxygen atoms in total. The van der Waals surface area contributed by atoms with E-state index in [0.29, 0.717) is 5.56 Å². The highest BCUT2D eigenvalue weighted by atomic mass is 16.5. The molecule has 0 saturated carbocycles. The van der Waals surface area contributed by atoms with Gasteiger partial charge in [0.15, 0.2) is 0 Å². The van der Waals surface area contributed by atoms with Crippen LogP contribution in [0.4, 0.5) is 0 Å². The molecular formula is C15H19NO3. The third kappa shape index (κ3) is 3.64. The van der Waals surface area contributed by atoms with Crippen molar-refractivity contribution in [2.45, 2.75) is 19.4 Å². The highest BCUT2D eigenvalue weighted by molar-refractivity contribution is 5.74. The summed E-state index contributed by atoms with van der Waals surface area (Å²) < 4.78 is 4.78. The molecule has 1 heterocycles. The summed E-state index contributed by atoms with van der Waals surface area (Å²) in [5, 5.41) is 0. The Hall–Kier alpha value is -1.68. The molecule has 2 rings (SSSR count). The summed E-state index contributed by atoms with van der Waals surface area (Å²) >= 11 is 0. The van der Waals surface area contributed by atoms with Gasteiger partial charge < -0.3 is 4.74 Å². The number of hydrogen-bond acceptors (Lipinski definition) is 4. The molecule has 0 amide bonds. The van der Waals surface area contributed by atoms with Gasteiger partial charge in [0.25, 0.3) is 0 Å². The van der Waals surface area contributed by atoms with E-state index < -0.39 is 0 Å². The lowest BCUT2D eigenvalue weighted by molar-refractivity contribution is -0.147. The van der Waals surface area contributed by atoms with Crippen molar-refractivity contribution in [3.63, 3.8) is 0 Å². The lowest BCUT2D eigenvalue weighted by Gasteiger charge is -2.30. The van der Waals surface area contributed by atoms with Crippen LogP contribution in [0.5, 0.6) is 0 Å². The largest absolute Gasteiger partial charge is 0.469 e. The van der Waals surface area contributed by atoms with E-state index in [0.717, 1.165) is 38.8 Å². The third-order valence-electron chi connectivity index (χ3n) is 3.64. The number of aldehydes is 1. The normalized spacial score (nSPS) is 17.1. The molecule has 1 saturated heterocycles. The first-order valence-corrected chi connectivity index (χ1v) is 6.57. The number of carbonyl (C=O) groups excluding carboxylic acids is 2. The molecule has 4 heteroatoms. The maximum Gasteiger partial charge on any atom is 0.308 e. The van der Waals surface area contributed by atoms with Gasteiger partial charge in [-0.15, -0.1) is 0 Å². The number of esters is 1. The van der Waals surface area contributed by atoms with Crippen LogP contribution in [-0.4, -0.2) is 37.4 Å². The number of hydrogen-bond donors (Lipinski definition) is 0. The van der Waals surface area contributed by atoms with E-state index in [4.69, 9.17) is 4.74 Å². The van der Waals surface area contributed by atoms with Gasteiger partial charge in [-0.25, -0.2) is 0 Å². The molecule has 0 N–H and O–H groups in total. The highest BCUT2D eigenvalue weighted by Crippen LogP contribution is 2.20. The second kappa shape index (κ2) is 6.48. The Bertz CT molecular complexity index is 433. The Labute approximate surface area is 113 Å². The van der Waals surface area contributed by atoms with Crippen LogP contribution in [-0.2, 0) is 16.1 Å². The molecule has 102 valence electrons. The lowest BCUT2D eigenvalue weighted by atomic mass is 9.96. The SMILES string of the molecule is COC(=O)C1CCN(Cc2ccc(C=O)cc2)CC1. The number of methoxy groups -OCH3 is 1. The van der Waals surface area contributed by atoms with Crippen LogP contribution in [0.2, 0.25) is 0 Å². The summed E-state index contributed by atoms with van der Waals surface area (Å²) in [6.45, 7) is 2.69. The molecule has 0 bridgehead atoms. The third-order valence-corrected chi connectivity index (χ3v) is 3.64. The number of benzene rings is 1. The first-order chi connectivity index (χ1) is 9.22. The lowest BCUT2D eigenvalue weighted by Crippen LogP contribution is -2.36. The van der Waals surface area contributed by atoms with Gasteiger partial charge in [-0.1, -0.05) is 24.3 Å². The standard InChI is InChI=1S/C15H19NO3/c1-19-15(18)14-6-8-16(9-7-14)10-12-2-4-13(11-17)5-3-12/h2-5,11,14H,6-10H2,1H3. The molecule has 0 spiro atoms. The summed E-state index contributed by atoms with van der Waals surface area (Å²) in [6, 6.07) is 7.64. The van der Waals surface area contributed by atoms with Crippen LogP contribution < -0.4 is 0 Å². The van der Waals surface area contributed by atoms with Crippen molar-refractivity contribution in [1.29, 1.82) is 0 Å². The van der Waals surface area contributed by atoms with E-state index in [-0.39, 0.29) is 11.9 Å². The second-order valence-electron chi connectivity index (χ2n) is 4.93. The van der Waals surface area contributed by atoms with E-state index in [9.17, 15) is 9.59 Å². The van der Waals surface area contributed by atoms with Gasteiger partial charge in [-0.2, -0.15) is 0 Å². The first kappa shape index (κ1) is 13.7.